The third-order valence-corrected chi connectivity index (χ3v) is 5.01. The number of rotatable bonds is 7. The van der Waals surface area contributed by atoms with Crippen LogP contribution in [-0.4, -0.2) is 59.2 Å². The Morgan fingerprint density at radius 2 is 1.14 bits per heavy atom. The van der Waals surface area contributed by atoms with Crippen LogP contribution in [0.15, 0.2) is 21.6 Å². The predicted octanol–water partition coefficient (Wildman–Crippen LogP) is 2.29. The number of aryl methyl sites for hydroxylation is 4. The summed E-state index contributed by atoms with van der Waals surface area (Å²) in [5.74, 6) is 1.01. The Kier molecular flexibility index (Phi) is 12.6. The number of halogens is 2. The van der Waals surface area contributed by atoms with Crippen LogP contribution in [0.4, 0.5) is 0 Å². The van der Waals surface area contributed by atoms with Gasteiger partial charge in [0.2, 0.25) is 0 Å². The van der Waals surface area contributed by atoms with Crippen molar-refractivity contribution in [2.75, 3.05) is 23.3 Å². The van der Waals surface area contributed by atoms with Crippen LogP contribution in [-0.2, 0) is 33.1 Å². The summed E-state index contributed by atoms with van der Waals surface area (Å²) < 4.78 is 65.4. The van der Waals surface area contributed by atoms with Gasteiger partial charge in [0.05, 0.1) is 22.9 Å². The van der Waals surface area contributed by atoms with Gasteiger partial charge in [-0.25, -0.2) is 9.97 Å². The molecule has 2 aromatic rings. The maximum atomic E-state index is 9.86. The van der Waals surface area contributed by atoms with E-state index in [1.807, 2.05) is 13.8 Å². The molecular weight excluding hydrogens is 459 g/mol. The van der Waals surface area contributed by atoms with Crippen LogP contribution in [0.2, 0.25) is 0 Å². The maximum absolute atomic E-state index is 9.86. The molecule has 0 atom stereocenters. The van der Waals surface area contributed by atoms with Gasteiger partial charge in [0.25, 0.3) is 20.2 Å². The summed E-state index contributed by atoms with van der Waals surface area (Å²) >= 11 is 11.0. The van der Waals surface area contributed by atoms with Crippen LogP contribution >= 0.6 is 23.2 Å². The van der Waals surface area contributed by atoms with E-state index in [2.05, 4.69) is 9.97 Å². The topological polar surface area (TPSA) is 161 Å². The third kappa shape index (κ3) is 13.9. The molecule has 28 heavy (non-hydrogen) atoms. The van der Waals surface area contributed by atoms with Crippen molar-refractivity contribution < 1.29 is 34.8 Å². The molecule has 2 aromatic heterocycles. The minimum atomic E-state index is -4.30. The quantitative estimate of drug-likeness (QED) is 0.443. The molecule has 2 rings (SSSR count). The summed E-state index contributed by atoms with van der Waals surface area (Å²) in [5, 5.41) is 0. The van der Waals surface area contributed by atoms with Crippen LogP contribution in [0.3, 0.4) is 0 Å². The lowest BCUT2D eigenvalue weighted by molar-refractivity contribution is 0.472. The zero-order valence-corrected chi connectivity index (χ0v) is 18.4. The van der Waals surface area contributed by atoms with Crippen molar-refractivity contribution >= 4 is 43.4 Å². The Morgan fingerprint density at radius 3 is 1.32 bits per heavy atom. The number of hydrogen-bond donors (Lipinski definition) is 2. The first-order valence-electron chi connectivity index (χ1n) is 7.69. The van der Waals surface area contributed by atoms with Crippen molar-refractivity contribution in [3.8, 4) is 0 Å². The lowest BCUT2D eigenvalue weighted by Crippen LogP contribution is -2.15. The van der Waals surface area contributed by atoms with Crippen molar-refractivity contribution in [3.63, 3.8) is 0 Å². The summed E-state index contributed by atoms with van der Waals surface area (Å²) in [6.45, 7) is 3.82. The molecule has 2 N–H and O–H groups in total. The van der Waals surface area contributed by atoms with Crippen molar-refractivity contribution in [2.45, 2.75) is 26.7 Å². The molecule has 0 bridgehead atoms. The van der Waals surface area contributed by atoms with E-state index in [-0.39, 0.29) is 0 Å². The van der Waals surface area contributed by atoms with Gasteiger partial charge >= 0.3 is 0 Å². The Labute approximate surface area is 173 Å². The summed E-state index contributed by atoms with van der Waals surface area (Å²) in [5.41, 5.74) is 1.88. The highest BCUT2D eigenvalue weighted by Gasteiger charge is 2.11. The molecule has 0 amide bonds. The van der Waals surface area contributed by atoms with Gasteiger partial charge in [0.15, 0.2) is 12.8 Å². The second-order valence-electron chi connectivity index (χ2n) is 5.17. The number of aromatic nitrogens is 2. The lowest BCUT2D eigenvalue weighted by Gasteiger charge is -1.92. The number of hydrogen-bond acceptors (Lipinski definition) is 8. The largest absolute Gasteiger partial charge is 0.448 e. The Morgan fingerprint density at radius 1 is 0.821 bits per heavy atom. The Bertz CT molecular complexity index is 820. The van der Waals surface area contributed by atoms with E-state index in [0.717, 1.165) is 35.7 Å². The fourth-order valence-electron chi connectivity index (χ4n) is 1.51. The molecule has 0 saturated heterocycles. The first kappa shape index (κ1) is 26.8. The van der Waals surface area contributed by atoms with Crippen LogP contribution in [0, 0.1) is 13.8 Å². The number of nitrogens with zero attached hydrogens (tertiary/aromatic N) is 2. The summed E-state index contributed by atoms with van der Waals surface area (Å²) in [6.07, 6.45) is 4.43. The van der Waals surface area contributed by atoms with Crippen LogP contribution in [0.1, 0.15) is 22.9 Å². The molecule has 0 saturated carbocycles. The SMILES string of the molecule is Cc1ncoc1CCCl.Cc1ncoc1CCCl.O=S(=O)(O)CCS(=O)(=O)O. The third-order valence-electron chi connectivity index (χ3n) is 2.93. The van der Waals surface area contributed by atoms with E-state index in [9.17, 15) is 16.8 Å². The van der Waals surface area contributed by atoms with E-state index in [1.54, 1.807) is 0 Å². The highest BCUT2D eigenvalue weighted by atomic mass is 35.5. The standard InChI is InChI=1S/2C6H8ClNO.C2H6O6S2/c2*1-5-6(2-3-7)9-4-8-5;3-9(4,5)1-2-10(6,7)8/h2*4H,2-3H2,1H3;1-2H2,(H,3,4,5)(H,6,7,8). The predicted molar refractivity (Wildman–Crippen MR) is 104 cm³/mol. The number of alkyl halides is 2. The molecule has 0 aliphatic heterocycles. The molecule has 0 spiro atoms. The zero-order chi connectivity index (χ0) is 21.8. The summed E-state index contributed by atoms with van der Waals surface area (Å²) in [6, 6.07) is 0. The Balaban J connectivity index is 0.000000391. The van der Waals surface area contributed by atoms with Gasteiger partial charge in [-0.2, -0.15) is 16.8 Å². The van der Waals surface area contributed by atoms with E-state index in [0.29, 0.717) is 11.8 Å². The van der Waals surface area contributed by atoms with Crippen molar-refractivity contribution in [1.29, 1.82) is 0 Å². The molecular formula is C14H22Cl2N2O8S2. The fourth-order valence-corrected chi connectivity index (χ4v) is 3.54. The van der Waals surface area contributed by atoms with E-state index in [1.165, 1.54) is 12.8 Å². The van der Waals surface area contributed by atoms with Crippen molar-refractivity contribution in [2.24, 2.45) is 0 Å². The lowest BCUT2D eigenvalue weighted by atomic mass is 10.3. The molecule has 0 aliphatic rings. The fraction of sp³-hybridized carbons (Fsp3) is 0.571. The van der Waals surface area contributed by atoms with Gasteiger partial charge in [-0.3, -0.25) is 9.11 Å². The zero-order valence-electron chi connectivity index (χ0n) is 15.2. The molecule has 162 valence electrons. The average molecular weight is 481 g/mol. The van der Waals surface area contributed by atoms with Crippen LogP contribution in [0.25, 0.3) is 0 Å². The average Bonchev–Trinajstić information content (AvgIpc) is 3.16. The molecule has 0 fully saturated rings. The van der Waals surface area contributed by atoms with Gasteiger partial charge in [0, 0.05) is 24.6 Å². The first-order chi connectivity index (χ1) is 12.9. The monoisotopic (exact) mass is 480 g/mol. The molecule has 0 aromatic carbocycles. The van der Waals surface area contributed by atoms with E-state index in [4.69, 9.17) is 41.1 Å². The number of oxazole rings is 2. The molecule has 0 aliphatic carbocycles. The minimum Gasteiger partial charge on any atom is -0.448 e. The molecule has 2 heterocycles. The van der Waals surface area contributed by atoms with Gasteiger partial charge in [-0.05, 0) is 13.8 Å². The molecule has 10 nitrogen and oxygen atoms in total. The van der Waals surface area contributed by atoms with Gasteiger partial charge < -0.3 is 8.83 Å². The first-order valence-corrected chi connectivity index (χ1v) is 12.0. The Hall–Kier alpha value is -1.18. The minimum absolute atomic E-state index is 0.593. The van der Waals surface area contributed by atoms with Crippen molar-refractivity contribution in [3.05, 3.63) is 35.7 Å². The normalized spacial score (nSPS) is 11.2. The second kappa shape index (κ2) is 13.1. The van der Waals surface area contributed by atoms with Crippen molar-refractivity contribution in [1.82, 2.24) is 9.97 Å². The van der Waals surface area contributed by atoms with E-state index < -0.39 is 31.7 Å². The van der Waals surface area contributed by atoms with Gasteiger partial charge in [-0.1, -0.05) is 0 Å². The maximum Gasteiger partial charge on any atom is 0.265 e. The van der Waals surface area contributed by atoms with E-state index >= 15 is 0 Å². The van der Waals surface area contributed by atoms with Gasteiger partial charge in [0.1, 0.15) is 11.5 Å². The highest BCUT2D eigenvalue weighted by Crippen LogP contribution is 2.06. The summed E-state index contributed by atoms with van der Waals surface area (Å²) in [4.78, 5) is 7.82. The smallest absolute Gasteiger partial charge is 0.265 e. The highest BCUT2D eigenvalue weighted by molar-refractivity contribution is 7.89. The molecule has 0 unspecified atom stereocenters. The summed E-state index contributed by atoms with van der Waals surface area (Å²) in [7, 11) is -8.59. The molecule has 14 heteroatoms. The van der Waals surface area contributed by atoms with Crippen LogP contribution in [0.5, 0.6) is 0 Å². The second-order valence-corrected chi connectivity index (χ2v) is 9.07. The van der Waals surface area contributed by atoms with Gasteiger partial charge in [-0.15, -0.1) is 23.2 Å². The van der Waals surface area contributed by atoms with Crippen LogP contribution < -0.4 is 0 Å². The molecule has 0 radical (unpaired) electrons.